The van der Waals surface area contributed by atoms with E-state index in [1.807, 2.05) is 6.07 Å². The van der Waals surface area contributed by atoms with Crippen LogP contribution in [0.25, 0.3) is 0 Å². The van der Waals surface area contributed by atoms with Crippen LogP contribution in [0.4, 0.5) is 0 Å². The third-order valence-corrected chi connectivity index (χ3v) is 7.08. The van der Waals surface area contributed by atoms with Crippen LogP contribution in [-0.4, -0.2) is 56.1 Å². The smallest absolute Gasteiger partial charge is 0.242 e. The van der Waals surface area contributed by atoms with E-state index >= 15 is 0 Å². The maximum Gasteiger partial charge on any atom is 0.242 e. The number of nitrogens with one attached hydrogen (secondary N) is 1. The van der Waals surface area contributed by atoms with Crippen molar-refractivity contribution in [3.8, 4) is 0 Å². The van der Waals surface area contributed by atoms with Crippen molar-refractivity contribution in [1.29, 1.82) is 0 Å². The summed E-state index contributed by atoms with van der Waals surface area (Å²) in [5.74, 6) is -0.513. The van der Waals surface area contributed by atoms with Crippen LogP contribution in [0.3, 0.4) is 0 Å². The molecule has 2 rings (SSSR count). The first-order valence-electron chi connectivity index (χ1n) is 9.93. The van der Waals surface area contributed by atoms with Crippen LogP contribution in [0.2, 0.25) is 5.02 Å². The number of amides is 2. The van der Waals surface area contributed by atoms with Gasteiger partial charge in [0.15, 0.2) is 0 Å². The molecular weight excluding hydrogens is 438 g/mol. The zero-order valence-electron chi connectivity index (χ0n) is 17.9. The van der Waals surface area contributed by atoms with E-state index in [0.29, 0.717) is 11.4 Å². The van der Waals surface area contributed by atoms with Crippen molar-refractivity contribution >= 4 is 33.4 Å². The van der Waals surface area contributed by atoms with Crippen LogP contribution in [0.1, 0.15) is 25.3 Å². The molecule has 9 heteroatoms. The van der Waals surface area contributed by atoms with Crippen LogP contribution in [0, 0.1) is 0 Å². The number of hydrogen-bond donors (Lipinski definition) is 1. The summed E-state index contributed by atoms with van der Waals surface area (Å²) < 4.78 is 26.5. The zero-order chi connectivity index (χ0) is 23.0. The molecule has 0 aromatic heterocycles. The van der Waals surface area contributed by atoms with Crippen LogP contribution < -0.4 is 5.32 Å². The lowest BCUT2D eigenvalue weighted by molar-refractivity contribution is -0.140. The van der Waals surface area contributed by atoms with Crippen LogP contribution in [0.15, 0.2) is 59.5 Å². The summed E-state index contributed by atoms with van der Waals surface area (Å²) >= 11 is 6.04. The molecule has 0 saturated carbocycles. The molecule has 0 saturated heterocycles. The highest BCUT2D eigenvalue weighted by molar-refractivity contribution is 7.89. The molecule has 0 fully saturated rings. The third kappa shape index (κ3) is 6.78. The SMILES string of the molecule is CNC(=O)[C@@H](C)N(Cc1cccc(Cl)c1)C(=O)CCCN(C)S(=O)(=O)c1ccccc1. The maximum atomic E-state index is 12.9. The Labute approximate surface area is 189 Å². The van der Waals surface area contributed by atoms with Gasteiger partial charge in [-0.15, -0.1) is 0 Å². The predicted molar refractivity (Wildman–Crippen MR) is 121 cm³/mol. The monoisotopic (exact) mass is 465 g/mol. The van der Waals surface area contributed by atoms with Gasteiger partial charge in [0.1, 0.15) is 6.04 Å². The van der Waals surface area contributed by atoms with Crippen LogP contribution >= 0.6 is 11.6 Å². The summed E-state index contributed by atoms with van der Waals surface area (Å²) in [4.78, 5) is 26.8. The van der Waals surface area contributed by atoms with E-state index in [1.165, 1.54) is 35.4 Å². The van der Waals surface area contributed by atoms with E-state index in [-0.39, 0.29) is 36.2 Å². The number of hydrogen-bond acceptors (Lipinski definition) is 4. The summed E-state index contributed by atoms with van der Waals surface area (Å²) in [6.45, 7) is 2.07. The Balaban J connectivity index is 2.05. The Kier molecular flexibility index (Phi) is 9.03. The lowest BCUT2D eigenvalue weighted by Crippen LogP contribution is -2.46. The van der Waals surface area contributed by atoms with Crippen molar-refractivity contribution in [3.63, 3.8) is 0 Å². The zero-order valence-corrected chi connectivity index (χ0v) is 19.5. The van der Waals surface area contributed by atoms with Gasteiger partial charge in [-0.05, 0) is 43.2 Å². The van der Waals surface area contributed by atoms with Crippen LogP contribution in [-0.2, 0) is 26.2 Å². The number of likely N-dealkylation sites (N-methyl/N-ethyl adjacent to an activating group) is 1. The molecule has 0 aliphatic heterocycles. The van der Waals surface area contributed by atoms with Crippen molar-refractivity contribution in [2.75, 3.05) is 20.6 Å². The Morgan fingerprint density at radius 2 is 1.77 bits per heavy atom. The second-order valence-corrected chi connectivity index (χ2v) is 9.67. The highest BCUT2D eigenvalue weighted by atomic mass is 35.5. The molecule has 168 valence electrons. The molecule has 0 radical (unpaired) electrons. The average molecular weight is 466 g/mol. The Hall–Kier alpha value is -2.42. The van der Waals surface area contributed by atoms with Gasteiger partial charge in [0.05, 0.1) is 4.90 Å². The molecule has 1 N–H and O–H groups in total. The number of rotatable bonds is 10. The number of benzene rings is 2. The van der Waals surface area contributed by atoms with E-state index in [1.54, 1.807) is 43.3 Å². The number of nitrogens with zero attached hydrogens (tertiary/aromatic N) is 2. The van der Waals surface area contributed by atoms with Gasteiger partial charge in [0.2, 0.25) is 21.8 Å². The van der Waals surface area contributed by atoms with Gasteiger partial charge in [-0.2, -0.15) is 0 Å². The molecule has 31 heavy (non-hydrogen) atoms. The second kappa shape index (κ2) is 11.3. The number of halogens is 1. The molecule has 0 unspecified atom stereocenters. The van der Waals surface area contributed by atoms with Gasteiger partial charge in [-0.1, -0.05) is 41.9 Å². The largest absolute Gasteiger partial charge is 0.357 e. The van der Waals surface area contributed by atoms with Crippen molar-refractivity contribution < 1.29 is 18.0 Å². The lowest BCUT2D eigenvalue weighted by Gasteiger charge is -2.28. The molecule has 0 heterocycles. The van der Waals surface area contributed by atoms with E-state index in [2.05, 4.69) is 5.32 Å². The van der Waals surface area contributed by atoms with Gasteiger partial charge < -0.3 is 10.2 Å². The minimum absolute atomic E-state index is 0.108. The number of carbonyl (C=O) groups is 2. The number of sulfonamides is 1. The Morgan fingerprint density at radius 3 is 2.39 bits per heavy atom. The van der Waals surface area contributed by atoms with Gasteiger partial charge >= 0.3 is 0 Å². The summed E-state index contributed by atoms with van der Waals surface area (Å²) in [7, 11) is -0.607. The fraction of sp³-hybridized carbons (Fsp3) is 0.364. The molecular formula is C22H28ClN3O4S. The van der Waals surface area contributed by atoms with Crippen molar-refractivity contribution in [1.82, 2.24) is 14.5 Å². The van der Waals surface area contributed by atoms with E-state index in [4.69, 9.17) is 11.6 Å². The topological polar surface area (TPSA) is 86.8 Å². The fourth-order valence-corrected chi connectivity index (χ4v) is 4.56. The van der Waals surface area contributed by atoms with E-state index < -0.39 is 16.1 Å². The van der Waals surface area contributed by atoms with Crippen molar-refractivity contribution in [2.24, 2.45) is 0 Å². The summed E-state index contributed by atoms with van der Waals surface area (Å²) in [6.07, 6.45) is 0.435. The Bertz CT molecular complexity index is 999. The number of carbonyl (C=O) groups excluding carboxylic acids is 2. The van der Waals surface area contributed by atoms with Gasteiger partial charge in [0, 0.05) is 38.6 Å². The van der Waals surface area contributed by atoms with E-state index in [0.717, 1.165) is 5.56 Å². The molecule has 2 amide bonds. The fourth-order valence-electron chi connectivity index (χ4n) is 3.11. The first-order valence-corrected chi connectivity index (χ1v) is 11.8. The standard InChI is InChI=1S/C22H28ClN3O4S/c1-17(22(28)24-2)26(16-18-9-7-10-19(23)15-18)21(27)13-8-14-25(3)31(29,30)20-11-5-4-6-12-20/h4-7,9-12,15,17H,8,13-14,16H2,1-3H3,(H,24,28)/t17-/m1/s1. The molecule has 0 aliphatic carbocycles. The summed E-state index contributed by atoms with van der Waals surface area (Å²) in [5.41, 5.74) is 0.806. The van der Waals surface area contributed by atoms with Crippen molar-refractivity contribution in [2.45, 2.75) is 37.2 Å². The molecule has 0 aliphatic rings. The average Bonchev–Trinajstić information content (AvgIpc) is 2.76. The summed E-state index contributed by atoms with van der Waals surface area (Å²) in [5, 5.41) is 3.11. The lowest BCUT2D eigenvalue weighted by atomic mass is 10.1. The molecule has 2 aromatic carbocycles. The van der Waals surface area contributed by atoms with Crippen LogP contribution in [0.5, 0.6) is 0 Å². The Morgan fingerprint density at radius 1 is 1.10 bits per heavy atom. The molecule has 0 spiro atoms. The quantitative estimate of drug-likeness (QED) is 0.584. The first kappa shape index (κ1) is 24.8. The minimum Gasteiger partial charge on any atom is -0.357 e. The minimum atomic E-state index is -3.61. The highest BCUT2D eigenvalue weighted by Gasteiger charge is 2.26. The predicted octanol–water partition coefficient (Wildman–Crippen LogP) is 2.90. The molecule has 7 nitrogen and oxygen atoms in total. The summed E-state index contributed by atoms with van der Waals surface area (Å²) in [6, 6.07) is 14.6. The molecule has 0 bridgehead atoms. The maximum absolute atomic E-state index is 12.9. The second-order valence-electron chi connectivity index (χ2n) is 7.18. The highest BCUT2D eigenvalue weighted by Crippen LogP contribution is 2.17. The van der Waals surface area contributed by atoms with Gasteiger partial charge in [-0.25, -0.2) is 12.7 Å². The third-order valence-electron chi connectivity index (χ3n) is 4.97. The van der Waals surface area contributed by atoms with Crippen molar-refractivity contribution in [3.05, 3.63) is 65.2 Å². The van der Waals surface area contributed by atoms with E-state index in [9.17, 15) is 18.0 Å². The van der Waals surface area contributed by atoms with Gasteiger partial charge in [-0.3, -0.25) is 9.59 Å². The first-order chi connectivity index (χ1) is 14.7. The molecule has 1 atom stereocenters. The molecule has 2 aromatic rings. The van der Waals surface area contributed by atoms with Gasteiger partial charge in [0.25, 0.3) is 0 Å². The normalized spacial score (nSPS) is 12.4.